The van der Waals surface area contributed by atoms with Gasteiger partial charge in [0.05, 0.1) is 19.8 Å². The van der Waals surface area contributed by atoms with Crippen LogP contribution in [0.15, 0.2) is 29.3 Å². The Kier molecular flexibility index (Phi) is 6.53. The second kappa shape index (κ2) is 9.06. The smallest absolute Gasteiger partial charge is 0.193 e. The Morgan fingerprint density at radius 3 is 2.96 bits per heavy atom. The Bertz CT molecular complexity index is 573. The van der Waals surface area contributed by atoms with Crippen molar-refractivity contribution in [3.8, 4) is 5.75 Å². The number of hydrogen-bond donors (Lipinski definition) is 1. The molecule has 2 heterocycles. The third kappa shape index (κ3) is 4.86. The molecule has 0 radical (unpaired) electrons. The fraction of sp³-hybridized carbons (Fsp3) is 0.632. The van der Waals surface area contributed by atoms with Crippen LogP contribution in [-0.4, -0.2) is 70.1 Å². The topological polar surface area (TPSA) is 55.3 Å². The number of nitrogens with zero attached hydrogens (tertiary/aromatic N) is 2. The normalized spacial score (nSPS) is 24.4. The molecule has 0 aliphatic carbocycles. The molecule has 2 atom stereocenters. The van der Waals surface area contributed by atoms with E-state index in [0.29, 0.717) is 0 Å². The van der Waals surface area contributed by atoms with E-state index in [1.807, 2.05) is 19.2 Å². The summed E-state index contributed by atoms with van der Waals surface area (Å²) in [6, 6.07) is 8.19. The van der Waals surface area contributed by atoms with Crippen molar-refractivity contribution in [2.45, 2.75) is 31.5 Å². The fourth-order valence-corrected chi connectivity index (χ4v) is 3.47. The largest absolute Gasteiger partial charge is 0.497 e. The molecule has 6 nitrogen and oxygen atoms in total. The van der Waals surface area contributed by atoms with Gasteiger partial charge in [0.1, 0.15) is 11.9 Å². The van der Waals surface area contributed by atoms with Crippen molar-refractivity contribution in [3.63, 3.8) is 0 Å². The molecule has 0 spiro atoms. The van der Waals surface area contributed by atoms with E-state index in [-0.39, 0.29) is 12.2 Å². The van der Waals surface area contributed by atoms with Gasteiger partial charge in [-0.05, 0) is 37.0 Å². The van der Waals surface area contributed by atoms with E-state index in [2.05, 4.69) is 27.3 Å². The van der Waals surface area contributed by atoms with Gasteiger partial charge in [0.15, 0.2) is 5.96 Å². The molecule has 2 aliphatic rings. The van der Waals surface area contributed by atoms with E-state index in [1.165, 1.54) is 5.56 Å². The zero-order valence-corrected chi connectivity index (χ0v) is 15.2. The second-order valence-electron chi connectivity index (χ2n) is 6.48. The Labute approximate surface area is 150 Å². The van der Waals surface area contributed by atoms with Crippen LogP contribution >= 0.6 is 0 Å². The number of methoxy groups -OCH3 is 1. The molecule has 0 amide bonds. The second-order valence-corrected chi connectivity index (χ2v) is 6.48. The lowest BCUT2D eigenvalue weighted by molar-refractivity contribution is -0.0816. The predicted octanol–water partition coefficient (Wildman–Crippen LogP) is 1.69. The summed E-state index contributed by atoms with van der Waals surface area (Å²) in [4.78, 5) is 6.73. The highest BCUT2D eigenvalue weighted by Crippen LogP contribution is 2.21. The number of guanidine groups is 1. The molecule has 1 N–H and O–H groups in total. The standard InChI is InChI=1S/C19H29N3O3/c1-20-19(21-9-8-15-5-3-6-16(13-15)23-2)22-10-12-25-18(14-22)17-7-4-11-24-17/h3,5-6,13,17-18H,4,7-12,14H2,1-2H3,(H,20,21). The highest BCUT2D eigenvalue weighted by Gasteiger charge is 2.32. The first-order chi connectivity index (χ1) is 12.3. The molecule has 25 heavy (non-hydrogen) atoms. The maximum Gasteiger partial charge on any atom is 0.193 e. The summed E-state index contributed by atoms with van der Waals surface area (Å²) >= 11 is 0. The number of morpholine rings is 1. The molecule has 2 saturated heterocycles. The minimum absolute atomic E-state index is 0.146. The lowest BCUT2D eigenvalue weighted by atomic mass is 10.1. The molecule has 2 aliphatic heterocycles. The van der Waals surface area contributed by atoms with E-state index >= 15 is 0 Å². The van der Waals surface area contributed by atoms with Gasteiger partial charge in [-0.3, -0.25) is 4.99 Å². The van der Waals surface area contributed by atoms with Crippen molar-refractivity contribution in [2.75, 3.05) is 47.0 Å². The highest BCUT2D eigenvalue weighted by atomic mass is 16.5. The number of nitrogens with one attached hydrogen (secondary N) is 1. The summed E-state index contributed by atoms with van der Waals surface area (Å²) in [7, 11) is 3.53. The van der Waals surface area contributed by atoms with Crippen LogP contribution in [-0.2, 0) is 15.9 Å². The van der Waals surface area contributed by atoms with Crippen LogP contribution in [0.2, 0.25) is 0 Å². The maximum atomic E-state index is 5.92. The first kappa shape index (κ1) is 18.0. The monoisotopic (exact) mass is 347 g/mol. The van der Waals surface area contributed by atoms with Gasteiger partial charge in [0, 0.05) is 33.3 Å². The van der Waals surface area contributed by atoms with E-state index < -0.39 is 0 Å². The zero-order chi connectivity index (χ0) is 17.5. The van der Waals surface area contributed by atoms with Gasteiger partial charge in [0.25, 0.3) is 0 Å². The van der Waals surface area contributed by atoms with Gasteiger partial charge in [-0.1, -0.05) is 12.1 Å². The number of ether oxygens (including phenoxy) is 3. The summed E-state index contributed by atoms with van der Waals surface area (Å²) in [6.07, 6.45) is 3.54. The summed E-state index contributed by atoms with van der Waals surface area (Å²) in [6.45, 7) is 4.12. The Morgan fingerprint density at radius 1 is 1.32 bits per heavy atom. The lowest BCUT2D eigenvalue weighted by Crippen LogP contribution is -2.53. The Balaban J connectivity index is 1.49. The van der Waals surface area contributed by atoms with Crippen LogP contribution in [0.25, 0.3) is 0 Å². The zero-order valence-electron chi connectivity index (χ0n) is 15.2. The third-order valence-electron chi connectivity index (χ3n) is 4.82. The van der Waals surface area contributed by atoms with E-state index in [4.69, 9.17) is 14.2 Å². The molecule has 1 aromatic carbocycles. The average molecular weight is 347 g/mol. The first-order valence-electron chi connectivity index (χ1n) is 9.12. The Hall–Kier alpha value is -1.79. The average Bonchev–Trinajstić information content (AvgIpc) is 3.20. The summed E-state index contributed by atoms with van der Waals surface area (Å²) < 4.78 is 17.0. The maximum absolute atomic E-state index is 5.92. The Morgan fingerprint density at radius 2 is 2.20 bits per heavy atom. The molecule has 2 unspecified atom stereocenters. The molecular formula is C19H29N3O3. The molecule has 138 valence electrons. The fourth-order valence-electron chi connectivity index (χ4n) is 3.47. The van der Waals surface area contributed by atoms with E-state index in [1.54, 1.807) is 7.11 Å². The van der Waals surface area contributed by atoms with Gasteiger partial charge in [-0.25, -0.2) is 0 Å². The quantitative estimate of drug-likeness (QED) is 0.649. The lowest BCUT2D eigenvalue weighted by Gasteiger charge is -2.37. The van der Waals surface area contributed by atoms with E-state index in [9.17, 15) is 0 Å². The van der Waals surface area contributed by atoms with Crippen LogP contribution in [0.5, 0.6) is 5.75 Å². The van der Waals surface area contributed by atoms with Gasteiger partial charge < -0.3 is 24.4 Å². The highest BCUT2D eigenvalue weighted by molar-refractivity contribution is 5.80. The molecule has 6 heteroatoms. The van der Waals surface area contributed by atoms with Gasteiger partial charge in [0.2, 0.25) is 0 Å². The van der Waals surface area contributed by atoms with Crippen molar-refractivity contribution in [1.29, 1.82) is 0 Å². The minimum Gasteiger partial charge on any atom is -0.497 e. The van der Waals surface area contributed by atoms with Crippen molar-refractivity contribution in [1.82, 2.24) is 10.2 Å². The van der Waals surface area contributed by atoms with E-state index in [0.717, 1.165) is 63.8 Å². The van der Waals surface area contributed by atoms with Crippen LogP contribution in [0.1, 0.15) is 18.4 Å². The predicted molar refractivity (Wildman–Crippen MR) is 98.3 cm³/mol. The van der Waals surface area contributed by atoms with Crippen LogP contribution in [0.4, 0.5) is 0 Å². The van der Waals surface area contributed by atoms with Crippen molar-refractivity contribution in [2.24, 2.45) is 4.99 Å². The first-order valence-corrected chi connectivity index (χ1v) is 9.12. The minimum atomic E-state index is 0.146. The number of hydrogen-bond acceptors (Lipinski definition) is 4. The molecule has 1 aromatic rings. The van der Waals surface area contributed by atoms with Gasteiger partial charge in [-0.2, -0.15) is 0 Å². The molecule has 0 aromatic heterocycles. The number of aliphatic imine (C=N–C) groups is 1. The summed E-state index contributed by atoms with van der Waals surface area (Å²) in [5.41, 5.74) is 1.25. The molecular weight excluding hydrogens is 318 g/mol. The third-order valence-corrected chi connectivity index (χ3v) is 4.82. The molecule has 0 bridgehead atoms. The SMILES string of the molecule is CN=C(NCCc1cccc(OC)c1)N1CCOC(C2CCCO2)C1. The van der Waals surface area contributed by atoms with Crippen LogP contribution < -0.4 is 10.1 Å². The number of benzene rings is 1. The van der Waals surface area contributed by atoms with Crippen molar-refractivity contribution in [3.05, 3.63) is 29.8 Å². The van der Waals surface area contributed by atoms with Crippen molar-refractivity contribution < 1.29 is 14.2 Å². The molecule has 2 fully saturated rings. The summed E-state index contributed by atoms with van der Waals surface area (Å²) in [5, 5.41) is 3.47. The van der Waals surface area contributed by atoms with Crippen molar-refractivity contribution >= 4 is 5.96 Å². The molecule has 0 saturated carbocycles. The van der Waals surface area contributed by atoms with Gasteiger partial charge in [-0.15, -0.1) is 0 Å². The van der Waals surface area contributed by atoms with Crippen LogP contribution in [0.3, 0.4) is 0 Å². The van der Waals surface area contributed by atoms with Gasteiger partial charge >= 0.3 is 0 Å². The van der Waals surface area contributed by atoms with Crippen LogP contribution in [0, 0.1) is 0 Å². The molecule has 3 rings (SSSR count). The number of rotatable bonds is 5. The summed E-state index contributed by atoms with van der Waals surface area (Å²) in [5.74, 6) is 1.84.